The number of nitrogens with zero attached hydrogens (tertiary/aromatic N) is 1. The number of aromatic nitrogens is 1. The number of ether oxygens (including phenoxy) is 2. The highest BCUT2D eigenvalue weighted by atomic mass is 16.5. The quantitative estimate of drug-likeness (QED) is 0.143. The van der Waals surface area contributed by atoms with Gasteiger partial charge >= 0.3 is 0 Å². The van der Waals surface area contributed by atoms with Gasteiger partial charge in [0.15, 0.2) is 0 Å². The Morgan fingerprint density at radius 2 is 1.02 bits per heavy atom. The summed E-state index contributed by atoms with van der Waals surface area (Å²) in [5.74, 6) is 11.4. The van der Waals surface area contributed by atoms with Gasteiger partial charge in [0.05, 0.1) is 30.9 Å². The molecule has 8 unspecified atom stereocenters. The van der Waals surface area contributed by atoms with Gasteiger partial charge in [-0.25, -0.2) is 0 Å². The van der Waals surface area contributed by atoms with E-state index in [0.29, 0.717) is 11.1 Å². The van der Waals surface area contributed by atoms with Gasteiger partial charge in [-0.1, -0.05) is 35.8 Å². The number of hydrogen-bond donors (Lipinski definition) is 9. The molecule has 3 heterocycles. The lowest BCUT2D eigenvalue weighted by molar-refractivity contribution is -0.214. The lowest BCUT2D eigenvalue weighted by atomic mass is 9.95. The number of fused-ring (bicyclic) bond motifs is 3. The summed E-state index contributed by atoms with van der Waals surface area (Å²) in [5.41, 5.74) is 2.64. The predicted molar refractivity (Wildman–Crippen MR) is 148 cm³/mol. The molecule has 3 aromatic rings. The average Bonchev–Trinajstić information content (AvgIpc) is 3.30. The summed E-state index contributed by atoms with van der Waals surface area (Å²) >= 11 is 0. The summed E-state index contributed by atoms with van der Waals surface area (Å²) in [6, 6.07) is 10.9. The van der Waals surface area contributed by atoms with Gasteiger partial charge < -0.3 is 60.0 Å². The van der Waals surface area contributed by atoms with Gasteiger partial charge in [-0.3, -0.25) is 0 Å². The van der Waals surface area contributed by atoms with Crippen molar-refractivity contribution < 1.29 is 55.4 Å². The first-order chi connectivity index (χ1) is 20.2. The number of aliphatic hydroxyl groups excluding tert-OH is 9. The zero-order valence-electron chi connectivity index (χ0n) is 22.4. The van der Waals surface area contributed by atoms with Crippen molar-refractivity contribution in [1.29, 1.82) is 0 Å². The van der Waals surface area contributed by atoms with Crippen LogP contribution in [-0.2, 0) is 16.0 Å². The first-order valence-corrected chi connectivity index (χ1v) is 13.5. The molecule has 2 fully saturated rings. The standard InChI is InChI=1S/C30H33NO11/c32-10-9-31-19-11-15(3-7-21-25(35)29(39)27(37)23(13-33)41-21)1-5-17(19)18-6-2-16(12-20(18)31)4-8-22-26(36)30(40)28(38)24(14-34)42-22/h1-2,5-6,11-12,21-30,32-40H,9-10,13-14H2/t21?,22?,23?,24?,25?,26?,27-,28-,29?,30?/m1/s1. The molecular formula is C30H33NO11. The van der Waals surface area contributed by atoms with Crippen molar-refractivity contribution in [2.24, 2.45) is 0 Å². The van der Waals surface area contributed by atoms with Crippen molar-refractivity contribution in [3.8, 4) is 23.7 Å². The van der Waals surface area contributed by atoms with Crippen LogP contribution < -0.4 is 0 Å². The summed E-state index contributed by atoms with van der Waals surface area (Å²) < 4.78 is 12.8. The van der Waals surface area contributed by atoms with Crippen LogP contribution in [0.3, 0.4) is 0 Å². The van der Waals surface area contributed by atoms with Crippen molar-refractivity contribution in [3.63, 3.8) is 0 Å². The minimum Gasteiger partial charge on any atom is -0.395 e. The molecular weight excluding hydrogens is 550 g/mol. The summed E-state index contributed by atoms with van der Waals surface area (Å²) in [5, 5.41) is 90.9. The molecule has 2 saturated heterocycles. The van der Waals surface area contributed by atoms with E-state index < -0.39 is 74.3 Å². The Bertz CT molecular complexity index is 1430. The lowest BCUT2D eigenvalue weighted by Gasteiger charge is -2.37. The van der Waals surface area contributed by atoms with Crippen LogP contribution in [0.1, 0.15) is 11.1 Å². The van der Waals surface area contributed by atoms with Crippen molar-refractivity contribution >= 4 is 21.8 Å². The number of aliphatic hydroxyl groups is 9. The maximum Gasteiger partial charge on any atom is 0.147 e. The number of rotatable bonds is 4. The van der Waals surface area contributed by atoms with Gasteiger partial charge in [-0.2, -0.15) is 0 Å². The molecule has 12 nitrogen and oxygen atoms in total. The van der Waals surface area contributed by atoms with Crippen LogP contribution in [0.2, 0.25) is 0 Å². The monoisotopic (exact) mass is 583 g/mol. The Morgan fingerprint density at radius 3 is 1.40 bits per heavy atom. The Hall–Kier alpha value is -3.08. The largest absolute Gasteiger partial charge is 0.395 e. The maximum atomic E-state index is 10.3. The molecule has 0 radical (unpaired) electrons. The molecule has 2 aliphatic rings. The van der Waals surface area contributed by atoms with Gasteiger partial charge in [-0.05, 0) is 24.3 Å². The van der Waals surface area contributed by atoms with Crippen LogP contribution in [-0.4, -0.2) is 131 Å². The molecule has 0 spiro atoms. The third-order valence-corrected chi connectivity index (χ3v) is 7.69. The molecule has 1 aromatic heterocycles. The average molecular weight is 584 g/mol. The summed E-state index contributed by atoms with van der Waals surface area (Å²) in [6.45, 7) is -0.996. The molecule has 0 bridgehead atoms. The Balaban J connectivity index is 1.47. The minimum atomic E-state index is -1.53. The van der Waals surface area contributed by atoms with Gasteiger partial charge in [-0.15, -0.1) is 0 Å². The number of hydrogen-bond acceptors (Lipinski definition) is 11. The zero-order valence-corrected chi connectivity index (χ0v) is 22.4. The van der Waals surface area contributed by atoms with E-state index in [0.717, 1.165) is 21.8 Å². The molecule has 2 aliphatic heterocycles. The van der Waals surface area contributed by atoms with Gasteiger partial charge in [0.25, 0.3) is 0 Å². The highest BCUT2D eigenvalue weighted by Crippen LogP contribution is 2.31. The van der Waals surface area contributed by atoms with Crippen LogP contribution in [0.5, 0.6) is 0 Å². The molecule has 0 amide bonds. The van der Waals surface area contributed by atoms with E-state index in [9.17, 15) is 46.0 Å². The normalized spacial score (nSPS) is 33.2. The highest BCUT2D eigenvalue weighted by Gasteiger charge is 2.43. The lowest BCUT2D eigenvalue weighted by Crippen LogP contribution is -2.58. The fourth-order valence-corrected chi connectivity index (χ4v) is 5.34. The minimum absolute atomic E-state index is 0.152. The molecule has 0 saturated carbocycles. The Labute approximate surface area is 240 Å². The fraction of sp³-hybridized carbons (Fsp3) is 0.467. The van der Waals surface area contributed by atoms with Crippen LogP contribution >= 0.6 is 0 Å². The van der Waals surface area contributed by atoms with Crippen molar-refractivity contribution in [1.82, 2.24) is 4.57 Å². The smallest absolute Gasteiger partial charge is 0.147 e. The molecule has 10 atom stereocenters. The van der Waals surface area contributed by atoms with Crippen LogP contribution in [0.25, 0.3) is 21.8 Å². The van der Waals surface area contributed by atoms with Crippen LogP contribution in [0, 0.1) is 23.7 Å². The van der Waals surface area contributed by atoms with Gasteiger partial charge in [0, 0.05) is 28.4 Å². The third-order valence-electron chi connectivity index (χ3n) is 7.69. The van der Waals surface area contributed by atoms with E-state index in [2.05, 4.69) is 23.7 Å². The van der Waals surface area contributed by atoms with Gasteiger partial charge in [0.1, 0.15) is 61.0 Å². The van der Waals surface area contributed by atoms with E-state index in [1.165, 1.54) is 0 Å². The Kier molecular flexibility index (Phi) is 9.15. The van der Waals surface area contributed by atoms with E-state index in [4.69, 9.17) is 9.47 Å². The van der Waals surface area contributed by atoms with E-state index in [1.54, 1.807) is 24.3 Å². The van der Waals surface area contributed by atoms with Crippen molar-refractivity contribution in [2.45, 2.75) is 67.6 Å². The van der Waals surface area contributed by atoms with E-state index >= 15 is 0 Å². The second-order valence-electron chi connectivity index (χ2n) is 10.4. The van der Waals surface area contributed by atoms with E-state index in [1.807, 2.05) is 16.7 Å². The summed E-state index contributed by atoms with van der Waals surface area (Å²) in [7, 11) is 0. The maximum absolute atomic E-state index is 10.3. The molecule has 224 valence electrons. The molecule has 12 heteroatoms. The Morgan fingerprint density at radius 1 is 0.595 bits per heavy atom. The molecule has 0 aliphatic carbocycles. The van der Waals surface area contributed by atoms with Crippen molar-refractivity contribution in [2.75, 3.05) is 19.8 Å². The summed E-state index contributed by atoms with van der Waals surface area (Å²) in [6.07, 6.45) is -13.3. The molecule has 2 aromatic carbocycles. The number of benzene rings is 2. The highest BCUT2D eigenvalue weighted by molar-refractivity contribution is 6.08. The first kappa shape index (κ1) is 30.4. The van der Waals surface area contributed by atoms with E-state index in [-0.39, 0.29) is 13.2 Å². The van der Waals surface area contributed by atoms with Crippen LogP contribution in [0.4, 0.5) is 0 Å². The second kappa shape index (κ2) is 12.7. The predicted octanol–water partition coefficient (Wildman–Crippen LogP) is -2.83. The van der Waals surface area contributed by atoms with Gasteiger partial charge in [0.2, 0.25) is 0 Å². The van der Waals surface area contributed by atoms with Crippen molar-refractivity contribution in [3.05, 3.63) is 47.5 Å². The third kappa shape index (κ3) is 5.64. The fourth-order valence-electron chi connectivity index (χ4n) is 5.34. The molecule has 5 rings (SSSR count). The molecule has 9 N–H and O–H groups in total. The zero-order chi connectivity index (χ0) is 30.1. The molecule has 42 heavy (non-hydrogen) atoms. The second-order valence-corrected chi connectivity index (χ2v) is 10.4. The van der Waals surface area contributed by atoms with Crippen LogP contribution in [0.15, 0.2) is 36.4 Å². The summed E-state index contributed by atoms with van der Waals surface area (Å²) in [4.78, 5) is 0. The first-order valence-electron chi connectivity index (χ1n) is 13.5. The topological polar surface area (TPSA) is 205 Å². The SMILES string of the molecule is OCCn1c2cc(C#CC3OC(CO)[C@@H](O)C(O)C3O)ccc2c2ccc(C#CC3OC(CO)[C@@H](O)C(O)C3O)cc21.